The van der Waals surface area contributed by atoms with Gasteiger partial charge in [-0.1, -0.05) is 32.4 Å². The van der Waals surface area contributed by atoms with E-state index >= 15 is 0 Å². The molecule has 0 aliphatic heterocycles. The van der Waals surface area contributed by atoms with Gasteiger partial charge in [0.1, 0.15) is 6.10 Å². The molecule has 0 aromatic heterocycles. The smallest absolute Gasteiger partial charge is 0.303 e. The van der Waals surface area contributed by atoms with E-state index in [0.717, 1.165) is 56.0 Å². The van der Waals surface area contributed by atoms with Crippen LogP contribution in [0, 0.1) is 40.4 Å². The topological polar surface area (TPSA) is 75.6 Å². The number of carbonyl (C=O) groups excluding carboxylic acids is 1. The molecule has 0 aromatic rings. The number of fused-ring (bicyclic) bond motifs is 5. The number of nitrogens with one attached hydrogen (secondary N) is 1. The van der Waals surface area contributed by atoms with Crippen LogP contribution in [0.3, 0.4) is 0 Å². The molecule has 4 aliphatic rings. The van der Waals surface area contributed by atoms with Gasteiger partial charge in [0.25, 0.3) is 0 Å². The van der Waals surface area contributed by atoms with Crippen LogP contribution < -0.4 is 5.32 Å². The van der Waals surface area contributed by atoms with Gasteiger partial charge in [0.05, 0.1) is 0 Å². The highest BCUT2D eigenvalue weighted by Gasteiger charge is 2.59. The molecule has 4 rings (SSSR count). The summed E-state index contributed by atoms with van der Waals surface area (Å²) in [7, 11) is 0. The number of hydrogen-bond acceptors (Lipinski definition) is 4. The molecule has 5 heteroatoms. The monoisotopic (exact) mass is 459 g/mol. The first-order chi connectivity index (χ1) is 15.6. The van der Waals surface area contributed by atoms with E-state index in [-0.39, 0.29) is 23.9 Å². The van der Waals surface area contributed by atoms with E-state index in [0.29, 0.717) is 17.8 Å². The standard InChI is InChI=1S/C28H45NO4/c1-18(17-29-15-5-6-26(31)32)23-9-10-24-22-8-7-20-16-21(33-19(2)30)11-13-27(20,3)25(22)12-14-28(23,24)4/h7,18,21-25,29H,5-6,8-17H2,1-4H3,(H,31,32)/t18-,21+,22?,23-,24+,25+,27+,28-/m1/s1. The molecule has 186 valence electrons. The molecule has 5 nitrogen and oxygen atoms in total. The minimum atomic E-state index is -0.703. The van der Waals surface area contributed by atoms with Gasteiger partial charge in [-0.25, -0.2) is 0 Å². The number of esters is 1. The van der Waals surface area contributed by atoms with Gasteiger partial charge in [0.15, 0.2) is 0 Å². The summed E-state index contributed by atoms with van der Waals surface area (Å²) >= 11 is 0. The highest BCUT2D eigenvalue weighted by Crippen LogP contribution is 2.67. The van der Waals surface area contributed by atoms with Crippen molar-refractivity contribution in [3.8, 4) is 0 Å². The summed E-state index contributed by atoms with van der Waals surface area (Å²) in [6, 6.07) is 0. The van der Waals surface area contributed by atoms with Crippen molar-refractivity contribution >= 4 is 11.9 Å². The molecule has 0 heterocycles. The Balaban J connectivity index is 1.40. The van der Waals surface area contributed by atoms with Crippen molar-refractivity contribution in [2.24, 2.45) is 40.4 Å². The van der Waals surface area contributed by atoms with E-state index in [2.05, 4.69) is 32.2 Å². The average Bonchev–Trinajstić information content (AvgIpc) is 3.10. The van der Waals surface area contributed by atoms with Crippen molar-refractivity contribution in [3.63, 3.8) is 0 Å². The van der Waals surface area contributed by atoms with E-state index in [1.165, 1.54) is 39.0 Å². The van der Waals surface area contributed by atoms with Crippen molar-refractivity contribution in [2.75, 3.05) is 13.1 Å². The van der Waals surface area contributed by atoms with Gasteiger partial charge in [-0.3, -0.25) is 9.59 Å². The van der Waals surface area contributed by atoms with E-state index in [9.17, 15) is 9.59 Å². The molecule has 3 fully saturated rings. The van der Waals surface area contributed by atoms with Crippen LogP contribution in [0.2, 0.25) is 0 Å². The van der Waals surface area contributed by atoms with Crippen LogP contribution in [0.4, 0.5) is 0 Å². The molecule has 0 radical (unpaired) electrons. The second-order valence-corrected chi connectivity index (χ2v) is 12.1. The Morgan fingerprint density at radius 3 is 2.70 bits per heavy atom. The average molecular weight is 460 g/mol. The number of allylic oxidation sites excluding steroid dienone is 1. The first-order valence-corrected chi connectivity index (χ1v) is 13.4. The van der Waals surface area contributed by atoms with E-state index in [1.807, 2.05) is 0 Å². The maximum Gasteiger partial charge on any atom is 0.303 e. The minimum Gasteiger partial charge on any atom is -0.481 e. The fraction of sp³-hybridized carbons (Fsp3) is 0.857. The van der Waals surface area contributed by atoms with Crippen LogP contribution in [0.1, 0.15) is 91.9 Å². The Labute approximate surface area is 200 Å². The number of aliphatic carboxylic acids is 1. The quantitative estimate of drug-likeness (QED) is 0.281. The molecule has 2 N–H and O–H groups in total. The Morgan fingerprint density at radius 2 is 1.97 bits per heavy atom. The predicted molar refractivity (Wildman–Crippen MR) is 130 cm³/mol. The first kappa shape index (κ1) is 24.8. The van der Waals surface area contributed by atoms with E-state index in [4.69, 9.17) is 9.84 Å². The Bertz CT molecular complexity index is 778. The number of carboxylic acids is 1. The van der Waals surface area contributed by atoms with Gasteiger partial charge in [-0.05, 0) is 105 Å². The van der Waals surface area contributed by atoms with Crippen LogP contribution in [-0.2, 0) is 14.3 Å². The van der Waals surface area contributed by atoms with E-state index in [1.54, 1.807) is 5.57 Å². The number of carboxylic acid groups (broad SMARTS) is 1. The SMILES string of the molecule is CC(=O)O[C@H]1CC[C@@]2(C)C(=CCC3[C@@H]4CC[C@H]([C@H](C)CNCCCC(=O)O)[C@@]4(C)CC[C@@H]32)C1. The van der Waals surface area contributed by atoms with Crippen molar-refractivity contribution in [2.45, 2.75) is 98.0 Å². The predicted octanol–water partition coefficient (Wildman–Crippen LogP) is 5.59. The molecule has 0 aromatic carbocycles. The third kappa shape index (κ3) is 4.76. The summed E-state index contributed by atoms with van der Waals surface area (Å²) in [5.41, 5.74) is 2.29. The highest BCUT2D eigenvalue weighted by atomic mass is 16.5. The van der Waals surface area contributed by atoms with Crippen LogP contribution in [0.25, 0.3) is 0 Å². The second-order valence-electron chi connectivity index (χ2n) is 12.1. The minimum absolute atomic E-state index is 0.0759. The maximum absolute atomic E-state index is 11.5. The van der Waals surface area contributed by atoms with Crippen molar-refractivity contribution in [1.82, 2.24) is 5.32 Å². The Morgan fingerprint density at radius 1 is 1.18 bits per heavy atom. The molecule has 0 saturated heterocycles. The van der Waals surface area contributed by atoms with E-state index < -0.39 is 5.97 Å². The van der Waals surface area contributed by atoms with Gasteiger partial charge in [-0.15, -0.1) is 0 Å². The van der Waals surface area contributed by atoms with Crippen LogP contribution in [0.15, 0.2) is 11.6 Å². The highest BCUT2D eigenvalue weighted by molar-refractivity contribution is 5.66. The summed E-state index contributed by atoms with van der Waals surface area (Å²) in [4.78, 5) is 22.2. The summed E-state index contributed by atoms with van der Waals surface area (Å²) < 4.78 is 5.59. The third-order valence-corrected chi connectivity index (χ3v) is 10.4. The van der Waals surface area contributed by atoms with Crippen LogP contribution in [0.5, 0.6) is 0 Å². The number of rotatable bonds is 8. The third-order valence-electron chi connectivity index (χ3n) is 10.4. The zero-order chi connectivity index (χ0) is 23.8. The van der Waals surface area contributed by atoms with Crippen LogP contribution >= 0.6 is 0 Å². The number of hydrogen-bond donors (Lipinski definition) is 2. The normalized spacial score (nSPS) is 40.7. The Kier molecular flexibility index (Phi) is 7.29. The summed E-state index contributed by atoms with van der Waals surface area (Å²) in [5, 5.41) is 12.4. The van der Waals surface area contributed by atoms with Gasteiger partial charge < -0.3 is 15.2 Å². The first-order valence-electron chi connectivity index (χ1n) is 13.4. The maximum atomic E-state index is 11.5. The summed E-state index contributed by atoms with van der Waals surface area (Å²) in [5.74, 6) is 2.93. The lowest BCUT2D eigenvalue weighted by molar-refractivity contribution is -0.148. The molecular weight excluding hydrogens is 414 g/mol. The van der Waals surface area contributed by atoms with Crippen LogP contribution in [-0.4, -0.2) is 36.2 Å². The molecule has 0 amide bonds. The lowest BCUT2D eigenvalue weighted by Crippen LogP contribution is -2.51. The fourth-order valence-electron chi connectivity index (χ4n) is 8.77. The molecule has 0 bridgehead atoms. The second kappa shape index (κ2) is 9.71. The molecule has 0 spiro atoms. The van der Waals surface area contributed by atoms with Crippen molar-refractivity contribution < 1.29 is 19.4 Å². The molecule has 4 aliphatic carbocycles. The summed E-state index contributed by atoms with van der Waals surface area (Å²) in [6.45, 7) is 10.8. The van der Waals surface area contributed by atoms with Gasteiger partial charge in [0.2, 0.25) is 0 Å². The largest absolute Gasteiger partial charge is 0.481 e. The molecule has 8 atom stereocenters. The van der Waals surface area contributed by atoms with Gasteiger partial charge in [-0.2, -0.15) is 0 Å². The molecule has 33 heavy (non-hydrogen) atoms. The molecule has 3 saturated carbocycles. The van der Waals surface area contributed by atoms with Crippen molar-refractivity contribution in [1.29, 1.82) is 0 Å². The van der Waals surface area contributed by atoms with Gasteiger partial charge in [0, 0.05) is 19.8 Å². The fourth-order valence-corrected chi connectivity index (χ4v) is 8.77. The van der Waals surface area contributed by atoms with Gasteiger partial charge >= 0.3 is 11.9 Å². The number of ether oxygens (including phenoxy) is 1. The summed E-state index contributed by atoms with van der Waals surface area (Å²) in [6.07, 6.45) is 13.3. The lowest BCUT2D eigenvalue weighted by Gasteiger charge is -2.58. The zero-order valence-corrected chi connectivity index (χ0v) is 21.2. The van der Waals surface area contributed by atoms with Crippen molar-refractivity contribution in [3.05, 3.63) is 11.6 Å². The molecule has 1 unspecified atom stereocenters. The Hall–Kier alpha value is -1.36. The lowest BCUT2D eigenvalue weighted by atomic mass is 9.47. The number of carbonyl (C=O) groups is 2. The molecular formula is C28H45NO4. The zero-order valence-electron chi connectivity index (χ0n) is 21.2.